The minimum absolute atomic E-state index is 0.419. The number of aliphatic hydroxyl groups is 2. The van der Waals surface area contributed by atoms with Gasteiger partial charge in [-0.1, -0.05) is 0 Å². The first-order valence-electron chi connectivity index (χ1n) is 2.63. The van der Waals surface area contributed by atoms with Gasteiger partial charge in [-0.25, -0.2) is 0 Å². The van der Waals surface area contributed by atoms with Gasteiger partial charge in [-0.3, -0.25) is 5.43 Å². The van der Waals surface area contributed by atoms with Crippen LogP contribution in [-0.2, 0) is 0 Å². The molecule has 0 aromatic rings. The largest absolute Gasteiger partial charge is 0.475 e. The number of rotatable bonds is 0. The van der Waals surface area contributed by atoms with Crippen LogP contribution in [0.2, 0.25) is 0 Å². The van der Waals surface area contributed by atoms with E-state index in [1.807, 2.05) is 0 Å². The summed E-state index contributed by atoms with van der Waals surface area (Å²) in [5.41, 5.74) is 5.13. The van der Waals surface area contributed by atoms with Crippen LogP contribution in [0.25, 0.3) is 0 Å². The summed E-state index contributed by atoms with van der Waals surface area (Å²) in [5, 5.41) is 20.3. The van der Waals surface area contributed by atoms with Gasteiger partial charge in [0.25, 0.3) is 0 Å². The van der Waals surface area contributed by atoms with Crippen molar-refractivity contribution in [2.45, 2.75) is 0 Å². The molecular formula is C6H6N2O2. The van der Waals surface area contributed by atoms with Gasteiger partial charge in [-0.05, 0) is 17.9 Å². The summed E-state index contributed by atoms with van der Waals surface area (Å²) in [6, 6.07) is 0. The molecule has 0 aromatic carbocycles. The summed E-state index contributed by atoms with van der Waals surface area (Å²) in [4.78, 5) is 0. The molecule has 1 aliphatic rings. The highest BCUT2D eigenvalue weighted by Gasteiger charge is 1.90. The lowest BCUT2D eigenvalue weighted by Gasteiger charge is -1.98. The molecule has 1 heterocycles. The fourth-order valence-electron chi connectivity index (χ4n) is 0.516. The van der Waals surface area contributed by atoms with E-state index in [9.17, 15) is 0 Å². The molecule has 0 saturated heterocycles. The van der Waals surface area contributed by atoms with Crippen LogP contribution in [0.5, 0.6) is 0 Å². The monoisotopic (exact) mass is 138 g/mol. The van der Waals surface area contributed by atoms with Crippen molar-refractivity contribution in [2.75, 3.05) is 0 Å². The number of hydrazone groups is 1. The Morgan fingerprint density at radius 2 is 2.40 bits per heavy atom. The van der Waals surface area contributed by atoms with E-state index < -0.39 is 5.95 Å². The van der Waals surface area contributed by atoms with Crippen LogP contribution in [0.15, 0.2) is 34.6 Å². The number of nitrogens with one attached hydrogen (secondary N) is 1. The van der Waals surface area contributed by atoms with Crippen LogP contribution in [0, 0.1) is 0 Å². The predicted molar refractivity (Wildman–Crippen MR) is 36.6 cm³/mol. The molecule has 1 aliphatic heterocycles. The minimum Gasteiger partial charge on any atom is -0.475 e. The topological polar surface area (TPSA) is 64.8 Å². The van der Waals surface area contributed by atoms with Gasteiger partial charge in [0.2, 0.25) is 0 Å². The number of hydrogen-bond acceptors (Lipinski definition) is 4. The third-order valence-corrected chi connectivity index (χ3v) is 0.855. The van der Waals surface area contributed by atoms with Gasteiger partial charge in [0.15, 0.2) is 0 Å². The lowest BCUT2D eigenvalue weighted by Crippen LogP contribution is -2.05. The molecule has 0 aliphatic carbocycles. The van der Waals surface area contributed by atoms with E-state index in [1.165, 1.54) is 0 Å². The highest BCUT2D eigenvalue weighted by atomic mass is 16.5. The van der Waals surface area contributed by atoms with Crippen LogP contribution in [0.1, 0.15) is 0 Å². The zero-order valence-corrected chi connectivity index (χ0v) is 5.07. The van der Waals surface area contributed by atoms with Crippen molar-refractivity contribution in [3.05, 3.63) is 29.5 Å². The summed E-state index contributed by atoms with van der Waals surface area (Å²) in [6.07, 6.45) is 4.81. The molecule has 0 amide bonds. The molecular weight excluding hydrogens is 132 g/mol. The third-order valence-electron chi connectivity index (χ3n) is 0.855. The molecule has 3 N–H and O–H groups in total. The molecule has 0 atom stereocenters. The van der Waals surface area contributed by atoms with E-state index >= 15 is 0 Å². The van der Waals surface area contributed by atoms with E-state index in [4.69, 9.17) is 10.2 Å². The second-order valence-electron chi connectivity index (χ2n) is 1.61. The lowest BCUT2D eigenvalue weighted by molar-refractivity contribution is 0.192. The summed E-state index contributed by atoms with van der Waals surface area (Å²) < 4.78 is 0. The quantitative estimate of drug-likeness (QED) is 0.338. The van der Waals surface area contributed by atoms with Crippen molar-refractivity contribution >= 4 is 6.21 Å². The molecule has 0 unspecified atom stereocenters. The van der Waals surface area contributed by atoms with E-state index in [0.717, 1.165) is 0 Å². The number of allylic oxidation sites excluding steroid dienone is 2. The van der Waals surface area contributed by atoms with Gasteiger partial charge in [0.05, 0.1) is 0 Å². The fraction of sp³-hybridized carbons (Fsp3) is 0. The third kappa shape index (κ3) is 1.69. The minimum atomic E-state index is -0.857. The first kappa shape index (κ1) is 6.45. The normalized spacial score (nSPS) is 14.2. The van der Waals surface area contributed by atoms with Gasteiger partial charge in [-0.15, -0.1) is 0 Å². The molecule has 0 aromatic heterocycles. The molecule has 52 valence electrons. The maximum absolute atomic E-state index is 8.32. The SMILES string of the molecule is OC(O)=C=C1C=CC=NN1. The van der Waals surface area contributed by atoms with Gasteiger partial charge in [-0.2, -0.15) is 5.10 Å². The van der Waals surface area contributed by atoms with Crippen molar-refractivity contribution < 1.29 is 10.2 Å². The van der Waals surface area contributed by atoms with Crippen molar-refractivity contribution in [3.63, 3.8) is 0 Å². The molecule has 0 bridgehead atoms. The predicted octanol–water partition coefficient (Wildman–Crippen LogP) is 0.572. The van der Waals surface area contributed by atoms with Gasteiger partial charge in [0, 0.05) is 6.21 Å². The second-order valence-corrected chi connectivity index (χ2v) is 1.61. The summed E-state index contributed by atoms with van der Waals surface area (Å²) >= 11 is 0. The van der Waals surface area contributed by atoms with Crippen LogP contribution in [0.3, 0.4) is 0 Å². The Labute approximate surface area is 57.5 Å². The maximum Gasteiger partial charge on any atom is 0.324 e. The highest BCUT2D eigenvalue weighted by Crippen LogP contribution is 1.93. The zero-order valence-electron chi connectivity index (χ0n) is 5.07. The summed E-state index contributed by atoms with van der Waals surface area (Å²) in [7, 11) is 0. The average Bonchev–Trinajstić information content (AvgIpc) is 1.88. The van der Waals surface area contributed by atoms with E-state index in [1.54, 1.807) is 18.4 Å². The van der Waals surface area contributed by atoms with E-state index in [-0.39, 0.29) is 0 Å². The number of aliphatic hydroxyl groups excluding tert-OH is 1. The highest BCUT2D eigenvalue weighted by molar-refractivity contribution is 5.72. The first-order chi connectivity index (χ1) is 4.79. The molecule has 10 heavy (non-hydrogen) atoms. The molecule has 0 spiro atoms. The molecule has 0 saturated carbocycles. The van der Waals surface area contributed by atoms with Gasteiger partial charge >= 0.3 is 5.95 Å². The fourth-order valence-corrected chi connectivity index (χ4v) is 0.516. The smallest absolute Gasteiger partial charge is 0.324 e. The Balaban J connectivity index is 2.87. The van der Waals surface area contributed by atoms with E-state index in [0.29, 0.717) is 5.70 Å². The van der Waals surface area contributed by atoms with Crippen LogP contribution in [-0.4, -0.2) is 16.4 Å². The van der Waals surface area contributed by atoms with Crippen LogP contribution >= 0.6 is 0 Å². The zero-order chi connectivity index (χ0) is 7.40. The molecule has 4 nitrogen and oxygen atoms in total. The van der Waals surface area contributed by atoms with Crippen LogP contribution in [0.4, 0.5) is 0 Å². The van der Waals surface area contributed by atoms with Crippen molar-refractivity contribution in [2.24, 2.45) is 5.10 Å². The lowest BCUT2D eigenvalue weighted by atomic mass is 10.4. The Bertz CT molecular complexity index is 242. The first-order valence-corrected chi connectivity index (χ1v) is 2.63. The summed E-state index contributed by atoms with van der Waals surface area (Å²) in [6.45, 7) is 0. The Kier molecular flexibility index (Phi) is 1.78. The van der Waals surface area contributed by atoms with Crippen molar-refractivity contribution in [3.8, 4) is 0 Å². The Morgan fingerprint density at radius 1 is 1.60 bits per heavy atom. The molecule has 0 radical (unpaired) electrons. The van der Waals surface area contributed by atoms with E-state index in [2.05, 4.69) is 16.3 Å². The maximum atomic E-state index is 8.32. The molecule has 1 rings (SSSR count). The van der Waals surface area contributed by atoms with Gasteiger partial charge < -0.3 is 10.2 Å². The number of hydrogen-bond donors (Lipinski definition) is 3. The van der Waals surface area contributed by atoms with Gasteiger partial charge in [0.1, 0.15) is 5.70 Å². The Morgan fingerprint density at radius 3 is 2.90 bits per heavy atom. The molecule has 0 fully saturated rings. The second kappa shape index (κ2) is 2.75. The summed E-state index contributed by atoms with van der Waals surface area (Å²) in [5.74, 6) is -0.857. The molecule has 4 heteroatoms. The Hall–Kier alpha value is -1.67. The average molecular weight is 138 g/mol. The van der Waals surface area contributed by atoms with Crippen molar-refractivity contribution in [1.29, 1.82) is 0 Å². The standard InChI is InChI=1S/C6H6N2O2/c9-6(10)4-5-2-1-3-7-8-5/h1-3,8-10H. The van der Waals surface area contributed by atoms with Crippen molar-refractivity contribution in [1.82, 2.24) is 5.43 Å². The number of nitrogens with zero attached hydrogens (tertiary/aromatic N) is 1. The van der Waals surface area contributed by atoms with Crippen LogP contribution < -0.4 is 5.43 Å².